The van der Waals surface area contributed by atoms with E-state index in [2.05, 4.69) is 5.10 Å². The molecule has 1 atom stereocenters. The predicted octanol–water partition coefficient (Wildman–Crippen LogP) is 4.48. The van der Waals surface area contributed by atoms with Crippen molar-refractivity contribution in [2.45, 2.75) is 97.0 Å². The Balaban J connectivity index is 1.90. The van der Waals surface area contributed by atoms with Crippen molar-refractivity contribution in [3.63, 3.8) is 0 Å². The molecule has 2 aromatic rings. The van der Waals surface area contributed by atoms with Crippen LogP contribution in [-0.2, 0) is 25.3 Å². The summed E-state index contributed by atoms with van der Waals surface area (Å²) in [5.41, 5.74) is 0.793. The Morgan fingerprint density at radius 2 is 2.09 bits per heavy atom. The van der Waals surface area contributed by atoms with E-state index in [0.29, 0.717) is 30.9 Å². The zero-order chi connectivity index (χ0) is 24.9. The first-order chi connectivity index (χ1) is 16.0. The molecule has 1 aromatic heterocycles. The van der Waals surface area contributed by atoms with Gasteiger partial charge in [-0.15, -0.1) is 0 Å². The molecule has 1 saturated heterocycles. The van der Waals surface area contributed by atoms with Gasteiger partial charge in [0.05, 0.1) is 29.5 Å². The van der Waals surface area contributed by atoms with Crippen LogP contribution in [0, 0.1) is 0 Å². The van der Waals surface area contributed by atoms with Crippen molar-refractivity contribution in [2.75, 3.05) is 13.2 Å². The normalized spacial score (nSPS) is 17.2. The number of hydrogen-bond acceptors (Lipinski definition) is 6. The van der Waals surface area contributed by atoms with Gasteiger partial charge in [0.15, 0.2) is 6.23 Å². The summed E-state index contributed by atoms with van der Waals surface area (Å²) in [4.78, 5) is 11.7. The number of esters is 1. The van der Waals surface area contributed by atoms with Gasteiger partial charge in [0, 0.05) is 23.4 Å². The topological polar surface area (TPSA) is 82.8 Å². The number of halogens is 1. The van der Waals surface area contributed by atoms with Crippen molar-refractivity contribution in [3.8, 4) is 0 Å². The van der Waals surface area contributed by atoms with E-state index < -0.39 is 11.2 Å². The lowest BCUT2D eigenvalue weighted by Crippen LogP contribution is -2.49. The van der Waals surface area contributed by atoms with Crippen LogP contribution < -0.4 is 5.46 Å². The molecule has 0 amide bonds. The van der Waals surface area contributed by atoms with Crippen molar-refractivity contribution >= 4 is 41.4 Å². The summed E-state index contributed by atoms with van der Waals surface area (Å²) in [6.07, 6.45) is 7.33. The molecule has 1 fully saturated rings. The smallest absolute Gasteiger partial charge is 0.332 e. The number of ether oxygens (including phenoxy) is 2. The van der Waals surface area contributed by atoms with E-state index in [-0.39, 0.29) is 12.2 Å². The molecule has 9 heteroatoms. The van der Waals surface area contributed by atoms with Crippen LogP contribution in [0.4, 0.5) is 0 Å². The molecule has 187 valence electrons. The lowest BCUT2D eigenvalue weighted by Gasteiger charge is -2.37. The maximum atomic E-state index is 11.7. The Morgan fingerprint density at radius 1 is 1.32 bits per heavy atom. The predicted molar refractivity (Wildman–Crippen MR) is 135 cm³/mol. The molecule has 0 spiro atoms. The van der Waals surface area contributed by atoms with Crippen LogP contribution in [0.25, 0.3) is 10.9 Å². The quantitative estimate of drug-likeness (QED) is 0.284. The van der Waals surface area contributed by atoms with Crippen molar-refractivity contribution in [1.29, 1.82) is 0 Å². The SMILES string of the molecule is CCOC(=O)CCCCc1c(Cl)cc2c(cnn2C2CCCCO2)c1[B]OC(C)(C)C(C)(C)O. The number of carbonyl (C=O) groups is 1. The Bertz CT molecular complexity index is 980. The van der Waals surface area contributed by atoms with Crippen LogP contribution in [0.1, 0.15) is 84.9 Å². The second-order valence-electron chi connectivity index (χ2n) is 9.91. The van der Waals surface area contributed by atoms with Crippen LogP contribution in [0.5, 0.6) is 0 Å². The largest absolute Gasteiger partial charge is 0.466 e. The van der Waals surface area contributed by atoms with Crippen LogP contribution in [0.2, 0.25) is 5.02 Å². The summed E-state index contributed by atoms with van der Waals surface area (Å²) in [6.45, 7) is 10.1. The van der Waals surface area contributed by atoms with Crippen LogP contribution >= 0.6 is 11.6 Å². The number of rotatable bonds is 11. The standard InChI is InChI=1S/C25H37BClN2O5/c1-6-32-22(30)13-8-7-11-17-19(27)15-20-18(16-28-29(20)21-12-9-10-14-33-21)23(17)26-34-25(4,5)24(2,3)31/h15-16,21,31H,6-14H2,1-5H3. The Morgan fingerprint density at radius 3 is 2.74 bits per heavy atom. The molecule has 34 heavy (non-hydrogen) atoms. The molecule has 0 bridgehead atoms. The maximum absolute atomic E-state index is 11.7. The van der Waals surface area contributed by atoms with Crippen LogP contribution in [0.3, 0.4) is 0 Å². The Hall–Kier alpha value is -1.61. The van der Waals surface area contributed by atoms with Gasteiger partial charge in [-0.2, -0.15) is 5.10 Å². The molecule has 3 rings (SSSR count). The van der Waals surface area contributed by atoms with Crippen molar-refractivity contribution in [1.82, 2.24) is 9.78 Å². The summed E-state index contributed by atoms with van der Waals surface area (Å²) >= 11 is 6.81. The highest BCUT2D eigenvalue weighted by molar-refractivity contribution is 6.53. The first-order valence-electron chi connectivity index (χ1n) is 12.2. The Labute approximate surface area is 208 Å². The third kappa shape index (κ3) is 6.33. The molecule has 1 aliphatic rings. The minimum atomic E-state index is -1.05. The van der Waals surface area contributed by atoms with E-state index in [1.165, 1.54) is 0 Å². The maximum Gasteiger partial charge on any atom is 0.332 e. The highest BCUT2D eigenvalue weighted by Gasteiger charge is 2.36. The summed E-state index contributed by atoms with van der Waals surface area (Å²) < 4.78 is 19.0. The van der Waals surface area contributed by atoms with Gasteiger partial charge in [-0.05, 0) is 90.2 Å². The van der Waals surface area contributed by atoms with Gasteiger partial charge in [-0.1, -0.05) is 11.6 Å². The molecule has 2 heterocycles. The molecule has 1 N–H and O–H groups in total. The average Bonchev–Trinajstić information content (AvgIpc) is 3.19. The molecule has 1 radical (unpaired) electrons. The fraction of sp³-hybridized carbons (Fsp3) is 0.680. The lowest BCUT2D eigenvalue weighted by molar-refractivity contribution is -0.143. The van der Waals surface area contributed by atoms with Gasteiger partial charge in [-0.25, -0.2) is 4.68 Å². The van der Waals surface area contributed by atoms with E-state index in [9.17, 15) is 9.90 Å². The highest BCUT2D eigenvalue weighted by Crippen LogP contribution is 2.30. The van der Waals surface area contributed by atoms with Gasteiger partial charge in [0.25, 0.3) is 0 Å². The average molecular weight is 492 g/mol. The third-order valence-electron chi connectivity index (χ3n) is 6.74. The lowest BCUT2D eigenvalue weighted by atomic mass is 9.77. The number of benzene rings is 1. The molecule has 1 aliphatic heterocycles. The summed E-state index contributed by atoms with van der Waals surface area (Å²) in [7, 11) is 1.70. The number of aliphatic hydroxyl groups is 1. The molecular formula is C25H37BClN2O5. The van der Waals surface area contributed by atoms with E-state index in [4.69, 9.17) is 25.7 Å². The van der Waals surface area contributed by atoms with Crippen molar-refractivity contribution in [3.05, 3.63) is 22.8 Å². The second-order valence-corrected chi connectivity index (χ2v) is 10.3. The van der Waals surface area contributed by atoms with E-state index in [0.717, 1.165) is 54.2 Å². The highest BCUT2D eigenvalue weighted by atomic mass is 35.5. The summed E-state index contributed by atoms with van der Waals surface area (Å²) in [6, 6.07) is 1.95. The summed E-state index contributed by atoms with van der Waals surface area (Å²) in [5, 5.41) is 16.7. The number of carbonyl (C=O) groups excluding carboxylic acids is 1. The number of nitrogens with zero attached hydrogens (tertiary/aromatic N) is 2. The second kappa shape index (κ2) is 11.4. The molecule has 0 aliphatic carbocycles. The van der Waals surface area contributed by atoms with Gasteiger partial charge in [0.2, 0.25) is 0 Å². The van der Waals surface area contributed by atoms with E-state index in [1.54, 1.807) is 21.3 Å². The third-order valence-corrected chi connectivity index (χ3v) is 7.07. The number of aromatic nitrogens is 2. The van der Waals surface area contributed by atoms with Gasteiger partial charge < -0.3 is 19.2 Å². The fourth-order valence-electron chi connectivity index (χ4n) is 3.91. The zero-order valence-corrected chi connectivity index (χ0v) is 21.8. The number of fused-ring (bicyclic) bond motifs is 1. The zero-order valence-electron chi connectivity index (χ0n) is 21.0. The molecule has 1 aromatic carbocycles. The monoisotopic (exact) mass is 491 g/mol. The number of unbranched alkanes of at least 4 members (excludes halogenated alkanes) is 1. The van der Waals surface area contributed by atoms with Crippen molar-refractivity contribution < 1.29 is 24.0 Å². The summed E-state index contributed by atoms with van der Waals surface area (Å²) in [5.74, 6) is -0.181. The fourth-order valence-corrected chi connectivity index (χ4v) is 4.21. The van der Waals surface area contributed by atoms with Crippen molar-refractivity contribution in [2.24, 2.45) is 0 Å². The van der Waals surface area contributed by atoms with E-state index in [1.807, 2.05) is 37.7 Å². The first kappa shape index (κ1) is 27.0. The molecule has 0 saturated carbocycles. The van der Waals surface area contributed by atoms with Crippen LogP contribution in [0.15, 0.2) is 12.3 Å². The van der Waals surface area contributed by atoms with Gasteiger partial charge in [-0.3, -0.25) is 4.79 Å². The first-order valence-corrected chi connectivity index (χ1v) is 12.6. The van der Waals surface area contributed by atoms with Crippen LogP contribution in [-0.4, -0.2) is 52.8 Å². The molecular weight excluding hydrogens is 455 g/mol. The minimum Gasteiger partial charge on any atom is -0.466 e. The molecule has 1 unspecified atom stereocenters. The minimum absolute atomic E-state index is 0.112. The number of hydrogen-bond donors (Lipinski definition) is 1. The molecule has 7 nitrogen and oxygen atoms in total. The van der Waals surface area contributed by atoms with E-state index >= 15 is 0 Å². The Kier molecular flexibility index (Phi) is 9.07. The van der Waals surface area contributed by atoms with Gasteiger partial charge in [0.1, 0.15) is 0 Å². The van der Waals surface area contributed by atoms with Gasteiger partial charge >= 0.3 is 13.5 Å².